The molecule has 102 valence electrons. The minimum atomic E-state index is -0.312. The van der Waals surface area contributed by atoms with Gasteiger partial charge in [0, 0.05) is 0 Å². The first kappa shape index (κ1) is 13.3. The average molecular weight is 307 g/mol. The van der Waals surface area contributed by atoms with E-state index in [4.69, 9.17) is 11.6 Å². The molecule has 1 unspecified atom stereocenters. The fourth-order valence-corrected chi connectivity index (χ4v) is 3.12. The SMILES string of the molecule is CC(Nc1cc(F)ccc1Cl)c1nc2ccccc2s1. The number of thiazole rings is 1. The Kier molecular flexibility index (Phi) is 3.59. The van der Waals surface area contributed by atoms with Gasteiger partial charge in [0.1, 0.15) is 10.8 Å². The van der Waals surface area contributed by atoms with Crippen LogP contribution in [0.5, 0.6) is 0 Å². The van der Waals surface area contributed by atoms with Crippen molar-refractivity contribution in [2.75, 3.05) is 5.32 Å². The summed E-state index contributed by atoms with van der Waals surface area (Å²) in [6.45, 7) is 1.99. The molecule has 5 heteroatoms. The van der Waals surface area contributed by atoms with Crippen molar-refractivity contribution in [1.82, 2.24) is 4.98 Å². The second-order valence-electron chi connectivity index (χ2n) is 4.51. The van der Waals surface area contributed by atoms with Crippen LogP contribution in [0, 0.1) is 5.82 Å². The van der Waals surface area contributed by atoms with E-state index in [2.05, 4.69) is 10.3 Å². The molecule has 1 atom stereocenters. The Hall–Kier alpha value is -1.65. The van der Waals surface area contributed by atoms with Crippen LogP contribution in [0.1, 0.15) is 18.0 Å². The minimum Gasteiger partial charge on any atom is -0.375 e. The van der Waals surface area contributed by atoms with Gasteiger partial charge in [0.2, 0.25) is 0 Å². The Morgan fingerprint density at radius 1 is 1.25 bits per heavy atom. The normalized spacial score (nSPS) is 12.6. The third-order valence-corrected chi connectivity index (χ3v) is 4.53. The summed E-state index contributed by atoms with van der Waals surface area (Å²) in [6.07, 6.45) is 0. The summed E-state index contributed by atoms with van der Waals surface area (Å²) in [5, 5.41) is 4.65. The Bertz CT molecular complexity index is 723. The molecular weight excluding hydrogens is 295 g/mol. The highest BCUT2D eigenvalue weighted by Gasteiger charge is 2.13. The van der Waals surface area contributed by atoms with Gasteiger partial charge < -0.3 is 5.32 Å². The maximum Gasteiger partial charge on any atom is 0.125 e. The van der Waals surface area contributed by atoms with Gasteiger partial charge in [-0.2, -0.15) is 0 Å². The van der Waals surface area contributed by atoms with E-state index in [9.17, 15) is 4.39 Å². The van der Waals surface area contributed by atoms with Crippen molar-refractivity contribution in [3.8, 4) is 0 Å². The molecule has 0 saturated carbocycles. The van der Waals surface area contributed by atoms with E-state index in [-0.39, 0.29) is 11.9 Å². The lowest BCUT2D eigenvalue weighted by molar-refractivity contribution is 0.628. The van der Waals surface area contributed by atoms with Crippen molar-refractivity contribution in [1.29, 1.82) is 0 Å². The molecule has 1 N–H and O–H groups in total. The van der Waals surface area contributed by atoms with Gasteiger partial charge in [-0.15, -0.1) is 11.3 Å². The van der Waals surface area contributed by atoms with Crippen molar-refractivity contribution in [3.63, 3.8) is 0 Å². The molecule has 2 nitrogen and oxygen atoms in total. The number of nitrogens with one attached hydrogen (secondary N) is 1. The Balaban J connectivity index is 1.88. The zero-order valence-electron chi connectivity index (χ0n) is 10.7. The number of hydrogen-bond donors (Lipinski definition) is 1. The number of rotatable bonds is 3. The molecule has 3 aromatic rings. The van der Waals surface area contributed by atoms with E-state index in [1.807, 2.05) is 31.2 Å². The lowest BCUT2D eigenvalue weighted by Crippen LogP contribution is -2.06. The molecule has 0 spiro atoms. The van der Waals surface area contributed by atoms with Crippen LogP contribution in [-0.4, -0.2) is 4.98 Å². The van der Waals surface area contributed by atoms with E-state index in [0.29, 0.717) is 10.7 Å². The number of anilines is 1. The van der Waals surface area contributed by atoms with Crippen LogP contribution in [-0.2, 0) is 0 Å². The fourth-order valence-electron chi connectivity index (χ4n) is 1.98. The van der Waals surface area contributed by atoms with Gasteiger partial charge in [0.25, 0.3) is 0 Å². The number of nitrogens with zero attached hydrogens (tertiary/aromatic N) is 1. The Labute approximate surface area is 125 Å². The molecule has 0 saturated heterocycles. The van der Waals surface area contributed by atoms with Gasteiger partial charge in [0.15, 0.2) is 0 Å². The largest absolute Gasteiger partial charge is 0.375 e. The molecule has 0 fully saturated rings. The summed E-state index contributed by atoms with van der Waals surface area (Å²) >= 11 is 7.68. The monoisotopic (exact) mass is 306 g/mol. The maximum atomic E-state index is 13.3. The van der Waals surface area contributed by atoms with Gasteiger partial charge in [-0.05, 0) is 37.3 Å². The Morgan fingerprint density at radius 3 is 2.85 bits per heavy atom. The molecule has 0 amide bonds. The summed E-state index contributed by atoms with van der Waals surface area (Å²) in [4.78, 5) is 4.58. The predicted molar refractivity (Wildman–Crippen MR) is 83.1 cm³/mol. The maximum absolute atomic E-state index is 13.3. The molecule has 0 aliphatic carbocycles. The molecule has 1 heterocycles. The topological polar surface area (TPSA) is 24.9 Å². The van der Waals surface area contributed by atoms with Crippen LogP contribution in [0.2, 0.25) is 5.02 Å². The highest BCUT2D eigenvalue weighted by molar-refractivity contribution is 7.18. The van der Waals surface area contributed by atoms with Crippen molar-refractivity contribution in [2.45, 2.75) is 13.0 Å². The summed E-state index contributed by atoms with van der Waals surface area (Å²) < 4.78 is 14.4. The molecule has 1 aromatic heterocycles. The van der Waals surface area contributed by atoms with Gasteiger partial charge in [-0.1, -0.05) is 23.7 Å². The first-order valence-electron chi connectivity index (χ1n) is 6.20. The average Bonchev–Trinajstić information content (AvgIpc) is 2.87. The second-order valence-corrected chi connectivity index (χ2v) is 5.98. The molecule has 0 aliphatic heterocycles. The van der Waals surface area contributed by atoms with Crippen molar-refractivity contribution >= 4 is 38.8 Å². The van der Waals surface area contributed by atoms with E-state index in [0.717, 1.165) is 15.2 Å². The summed E-state index contributed by atoms with van der Waals surface area (Å²) in [5.41, 5.74) is 1.56. The van der Waals surface area contributed by atoms with Crippen molar-refractivity contribution < 1.29 is 4.39 Å². The van der Waals surface area contributed by atoms with Gasteiger partial charge in [-0.3, -0.25) is 0 Å². The third kappa shape index (κ3) is 2.62. The summed E-state index contributed by atoms with van der Waals surface area (Å²) in [6, 6.07) is 12.2. The minimum absolute atomic E-state index is 0.0355. The highest BCUT2D eigenvalue weighted by Crippen LogP contribution is 2.30. The highest BCUT2D eigenvalue weighted by atomic mass is 35.5. The number of aromatic nitrogens is 1. The zero-order valence-corrected chi connectivity index (χ0v) is 12.3. The van der Waals surface area contributed by atoms with Gasteiger partial charge >= 0.3 is 0 Å². The van der Waals surface area contributed by atoms with Gasteiger partial charge in [-0.25, -0.2) is 9.37 Å². The predicted octanol–water partition coefficient (Wildman–Crippen LogP) is 5.26. The summed E-state index contributed by atoms with van der Waals surface area (Å²) in [7, 11) is 0. The van der Waals surface area contributed by atoms with Crippen LogP contribution in [0.3, 0.4) is 0 Å². The number of para-hydroxylation sites is 1. The smallest absolute Gasteiger partial charge is 0.125 e. The lowest BCUT2D eigenvalue weighted by Gasteiger charge is -2.14. The second kappa shape index (κ2) is 5.38. The third-order valence-electron chi connectivity index (χ3n) is 2.98. The molecule has 0 bridgehead atoms. The van der Waals surface area contributed by atoms with E-state index in [1.54, 1.807) is 17.4 Å². The van der Waals surface area contributed by atoms with Gasteiger partial charge in [0.05, 0.1) is 27.0 Å². The van der Waals surface area contributed by atoms with E-state index >= 15 is 0 Å². The Morgan fingerprint density at radius 2 is 2.05 bits per heavy atom. The number of halogens is 2. The lowest BCUT2D eigenvalue weighted by atomic mass is 10.2. The quantitative estimate of drug-likeness (QED) is 0.713. The standard InChI is InChI=1S/C15H12ClFN2S/c1-9(18-13-8-10(17)6-7-11(13)16)15-19-12-4-2-3-5-14(12)20-15/h2-9,18H,1H3. The molecule has 2 aromatic carbocycles. The van der Waals surface area contributed by atoms with Crippen molar-refractivity contribution in [3.05, 3.63) is 58.3 Å². The molecule has 3 rings (SSSR count). The number of fused-ring (bicyclic) bond motifs is 1. The van der Waals surface area contributed by atoms with E-state index in [1.165, 1.54) is 12.1 Å². The van der Waals surface area contributed by atoms with Crippen LogP contribution in [0.4, 0.5) is 10.1 Å². The van der Waals surface area contributed by atoms with Crippen LogP contribution >= 0.6 is 22.9 Å². The first-order chi connectivity index (χ1) is 9.63. The van der Waals surface area contributed by atoms with Crippen molar-refractivity contribution in [2.24, 2.45) is 0 Å². The molecule has 20 heavy (non-hydrogen) atoms. The number of hydrogen-bond acceptors (Lipinski definition) is 3. The van der Waals surface area contributed by atoms with E-state index < -0.39 is 0 Å². The molecule has 0 radical (unpaired) electrons. The number of benzene rings is 2. The zero-order chi connectivity index (χ0) is 14.1. The first-order valence-corrected chi connectivity index (χ1v) is 7.40. The molecular formula is C15H12ClFN2S. The fraction of sp³-hybridized carbons (Fsp3) is 0.133. The molecule has 0 aliphatic rings. The van der Waals surface area contributed by atoms with Crippen LogP contribution in [0.25, 0.3) is 10.2 Å². The van der Waals surface area contributed by atoms with Crippen LogP contribution in [0.15, 0.2) is 42.5 Å². The van der Waals surface area contributed by atoms with Crippen LogP contribution < -0.4 is 5.32 Å². The summed E-state index contributed by atoms with van der Waals surface area (Å²) in [5.74, 6) is -0.312.